The molecule has 0 unspecified atom stereocenters. The maximum Gasteiger partial charge on any atom is 0.409 e. The van der Waals surface area contributed by atoms with Crippen molar-refractivity contribution in [2.24, 2.45) is 11.8 Å². The van der Waals surface area contributed by atoms with Crippen molar-refractivity contribution in [1.82, 2.24) is 4.90 Å². The first-order valence-corrected chi connectivity index (χ1v) is 9.36. The van der Waals surface area contributed by atoms with E-state index >= 15 is 0 Å². The number of carboxylic acids is 1. The van der Waals surface area contributed by atoms with Gasteiger partial charge < -0.3 is 14.7 Å². The lowest BCUT2D eigenvalue weighted by Crippen LogP contribution is -2.31. The molecule has 0 aromatic heterocycles. The van der Waals surface area contributed by atoms with Crippen molar-refractivity contribution in [1.29, 1.82) is 0 Å². The van der Waals surface area contributed by atoms with Gasteiger partial charge in [0, 0.05) is 19.0 Å². The molecule has 0 bridgehead atoms. The molecule has 4 rings (SSSR count). The zero-order valence-electron chi connectivity index (χ0n) is 15.3. The van der Waals surface area contributed by atoms with E-state index in [1.54, 1.807) is 4.90 Å². The van der Waals surface area contributed by atoms with Crippen molar-refractivity contribution in [3.05, 3.63) is 59.7 Å². The fraction of sp³-hybridized carbons (Fsp3) is 0.364. The third-order valence-electron chi connectivity index (χ3n) is 5.80. The first-order chi connectivity index (χ1) is 13.0. The molecule has 1 N–H and O–H groups in total. The molecule has 5 heteroatoms. The minimum absolute atomic E-state index is 0.0111. The summed E-state index contributed by atoms with van der Waals surface area (Å²) in [5.74, 6) is -0.623. The molecular weight excluding hydrogens is 342 g/mol. The van der Waals surface area contributed by atoms with Crippen LogP contribution in [0.5, 0.6) is 0 Å². The third-order valence-corrected chi connectivity index (χ3v) is 5.80. The topological polar surface area (TPSA) is 66.8 Å². The number of fused-ring (bicyclic) bond motifs is 3. The minimum Gasteiger partial charge on any atom is -0.481 e. The van der Waals surface area contributed by atoms with Crippen LogP contribution < -0.4 is 0 Å². The van der Waals surface area contributed by atoms with Crippen molar-refractivity contribution < 1.29 is 19.4 Å². The molecule has 0 radical (unpaired) electrons. The number of benzene rings is 2. The van der Waals surface area contributed by atoms with Crippen LogP contribution in [0, 0.1) is 11.8 Å². The molecule has 1 heterocycles. The largest absolute Gasteiger partial charge is 0.481 e. The summed E-state index contributed by atoms with van der Waals surface area (Å²) in [5, 5.41) is 9.01. The average Bonchev–Trinajstić information content (AvgIpc) is 3.18. The highest BCUT2D eigenvalue weighted by Gasteiger charge is 2.35. The van der Waals surface area contributed by atoms with Crippen LogP contribution in [-0.2, 0) is 9.53 Å². The van der Waals surface area contributed by atoms with Gasteiger partial charge in [-0.3, -0.25) is 4.79 Å². The van der Waals surface area contributed by atoms with E-state index in [0.29, 0.717) is 19.7 Å². The smallest absolute Gasteiger partial charge is 0.409 e. The SMILES string of the molecule is C[C@@H]1CN(C(=O)OCC2c3ccccc3-c3ccccc32)C[C@H]1CC(=O)O. The van der Waals surface area contributed by atoms with Gasteiger partial charge in [-0.2, -0.15) is 0 Å². The van der Waals surface area contributed by atoms with Crippen LogP contribution in [0.3, 0.4) is 0 Å². The highest BCUT2D eigenvalue weighted by atomic mass is 16.6. The van der Waals surface area contributed by atoms with Crippen LogP contribution in [0.15, 0.2) is 48.5 Å². The minimum atomic E-state index is -0.818. The molecule has 2 aromatic rings. The zero-order chi connectivity index (χ0) is 19.0. The molecule has 1 aliphatic carbocycles. The van der Waals surface area contributed by atoms with E-state index in [0.717, 1.165) is 0 Å². The third kappa shape index (κ3) is 3.29. The maximum absolute atomic E-state index is 12.6. The molecule has 1 aliphatic heterocycles. The fourth-order valence-electron chi connectivity index (χ4n) is 4.36. The van der Waals surface area contributed by atoms with Gasteiger partial charge in [0.1, 0.15) is 6.61 Å². The number of carbonyl (C=O) groups is 2. The molecule has 0 saturated carbocycles. The Morgan fingerprint density at radius 3 is 2.22 bits per heavy atom. The number of hydrogen-bond donors (Lipinski definition) is 1. The molecule has 140 valence electrons. The number of carbonyl (C=O) groups excluding carboxylic acids is 1. The van der Waals surface area contributed by atoms with Crippen molar-refractivity contribution >= 4 is 12.1 Å². The van der Waals surface area contributed by atoms with Crippen LogP contribution in [0.2, 0.25) is 0 Å². The fourth-order valence-corrected chi connectivity index (χ4v) is 4.36. The second kappa shape index (κ2) is 7.06. The van der Waals surface area contributed by atoms with E-state index in [9.17, 15) is 9.59 Å². The monoisotopic (exact) mass is 365 g/mol. The van der Waals surface area contributed by atoms with Crippen LogP contribution in [0.25, 0.3) is 11.1 Å². The second-order valence-corrected chi connectivity index (χ2v) is 7.54. The van der Waals surface area contributed by atoms with E-state index in [2.05, 4.69) is 24.3 Å². The van der Waals surface area contributed by atoms with E-state index in [-0.39, 0.29) is 30.3 Å². The Labute approximate surface area is 158 Å². The average molecular weight is 365 g/mol. The Morgan fingerprint density at radius 2 is 1.63 bits per heavy atom. The summed E-state index contributed by atoms with van der Waals surface area (Å²) in [6.07, 6.45) is -0.259. The first-order valence-electron chi connectivity index (χ1n) is 9.36. The zero-order valence-corrected chi connectivity index (χ0v) is 15.3. The summed E-state index contributed by atoms with van der Waals surface area (Å²) in [5.41, 5.74) is 4.77. The number of aliphatic carboxylic acids is 1. The number of likely N-dealkylation sites (tertiary alicyclic amines) is 1. The molecule has 27 heavy (non-hydrogen) atoms. The number of amides is 1. The number of ether oxygens (including phenoxy) is 1. The van der Waals surface area contributed by atoms with Crippen molar-refractivity contribution in [3.63, 3.8) is 0 Å². The molecule has 1 saturated heterocycles. The summed E-state index contributed by atoms with van der Waals surface area (Å²) in [6.45, 7) is 3.28. The Hall–Kier alpha value is -2.82. The quantitative estimate of drug-likeness (QED) is 0.890. The molecular formula is C22H23NO4. The van der Waals surface area contributed by atoms with Crippen molar-refractivity contribution in [2.75, 3.05) is 19.7 Å². The Morgan fingerprint density at radius 1 is 1.04 bits per heavy atom. The van der Waals surface area contributed by atoms with Gasteiger partial charge in [-0.25, -0.2) is 4.79 Å². The Kier molecular flexibility index (Phi) is 4.60. The predicted octanol–water partition coefficient (Wildman–Crippen LogP) is 3.98. The predicted molar refractivity (Wildman–Crippen MR) is 102 cm³/mol. The van der Waals surface area contributed by atoms with Gasteiger partial charge in [-0.1, -0.05) is 55.5 Å². The van der Waals surface area contributed by atoms with Gasteiger partial charge >= 0.3 is 12.1 Å². The van der Waals surface area contributed by atoms with Crippen LogP contribution in [0.1, 0.15) is 30.4 Å². The molecule has 5 nitrogen and oxygen atoms in total. The van der Waals surface area contributed by atoms with Crippen molar-refractivity contribution in [2.45, 2.75) is 19.3 Å². The van der Waals surface area contributed by atoms with Gasteiger partial charge in [0.2, 0.25) is 0 Å². The molecule has 1 fully saturated rings. The lowest BCUT2D eigenvalue weighted by molar-refractivity contribution is -0.138. The standard InChI is InChI=1S/C22H23NO4/c1-14-11-23(12-15(14)10-21(24)25)22(26)27-13-20-18-8-4-2-6-16(18)17-7-3-5-9-19(17)20/h2-9,14-15,20H,10-13H2,1H3,(H,24,25)/t14-,15-/m1/s1. The summed E-state index contributed by atoms with van der Waals surface area (Å²) in [6, 6.07) is 16.5. The Balaban J connectivity index is 1.45. The van der Waals surface area contributed by atoms with Crippen molar-refractivity contribution in [3.8, 4) is 11.1 Å². The van der Waals surface area contributed by atoms with Gasteiger partial charge in [-0.05, 0) is 34.1 Å². The summed E-state index contributed by atoms with van der Waals surface area (Å²) < 4.78 is 5.66. The van der Waals surface area contributed by atoms with Gasteiger partial charge in [0.05, 0.1) is 6.42 Å². The van der Waals surface area contributed by atoms with Crippen LogP contribution in [-0.4, -0.2) is 41.8 Å². The van der Waals surface area contributed by atoms with Crippen LogP contribution in [0.4, 0.5) is 4.79 Å². The first kappa shape index (κ1) is 17.6. The van der Waals surface area contributed by atoms with Gasteiger partial charge in [-0.15, -0.1) is 0 Å². The number of nitrogens with zero attached hydrogens (tertiary/aromatic N) is 1. The van der Waals surface area contributed by atoms with E-state index in [4.69, 9.17) is 9.84 Å². The normalized spacial score (nSPS) is 21.0. The summed E-state index contributed by atoms with van der Waals surface area (Å²) in [4.78, 5) is 25.2. The van der Waals surface area contributed by atoms with E-state index < -0.39 is 5.97 Å². The lowest BCUT2D eigenvalue weighted by Gasteiger charge is -2.19. The molecule has 2 atom stereocenters. The van der Waals surface area contributed by atoms with Gasteiger partial charge in [0.15, 0.2) is 0 Å². The Bertz CT molecular complexity index is 833. The highest BCUT2D eigenvalue weighted by Crippen LogP contribution is 2.44. The second-order valence-electron chi connectivity index (χ2n) is 7.54. The van der Waals surface area contributed by atoms with E-state index in [1.807, 2.05) is 31.2 Å². The summed E-state index contributed by atoms with van der Waals surface area (Å²) in [7, 11) is 0. The summed E-state index contributed by atoms with van der Waals surface area (Å²) >= 11 is 0. The van der Waals surface area contributed by atoms with Gasteiger partial charge in [0.25, 0.3) is 0 Å². The molecule has 0 spiro atoms. The highest BCUT2D eigenvalue weighted by molar-refractivity contribution is 5.79. The number of rotatable bonds is 4. The molecule has 2 aliphatic rings. The number of carboxylic acid groups (broad SMARTS) is 1. The molecule has 2 aromatic carbocycles. The maximum atomic E-state index is 12.6. The molecule has 1 amide bonds. The van der Waals surface area contributed by atoms with Crippen LogP contribution >= 0.6 is 0 Å². The number of hydrogen-bond acceptors (Lipinski definition) is 3. The lowest BCUT2D eigenvalue weighted by atomic mass is 9.95. The van der Waals surface area contributed by atoms with E-state index in [1.165, 1.54) is 22.3 Å².